The van der Waals surface area contributed by atoms with Crippen molar-refractivity contribution >= 4 is 5.91 Å². The van der Waals surface area contributed by atoms with Gasteiger partial charge in [-0.15, -0.1) is 0 Å². The Labute approximate surface area is 114 Å². The molecular formula is C15H13F2NO2. The van der Waals surface area contributed by atoms with Gasteiger partial charge in [0.2, 0.25) is 0 Å². The van der Waals surface area contributed by atoms with Gasteiger partial charge in [-0.25, -0.2) is 8.78 Å². The number of hydrogen-bond donors (Lipinski definition) is 2. The summed E-state index contributed by atoms with van der Waals surface area (Å²) in [6.07, 6.45) is 0. The summed E-state index contributed by atoms with van der Waals surface area (Å²) in [5, 5.41) is 11.8. The first kappa shape index (κ1) is 14.1. The molecule has 1 amide bonds. The van der Waals surface area contributed by atoms with E-state index in [1.54, 1.807) is 30.3 Å². The molecule has 5 heteroatoms. The van der Waals surface area contributed by atoms with Crippen LogP contribution in [-0.2, 0) is 0 Å². The fraction of sp³-hybridized carbons (Fsp3) is 0.133. The standard InChI is InChI=1S/C15H13F2NO2/c16-12-8-4-7-11(14(12)17)15(20)18-13(9-19)10-5-2-1-3-6-10/h1-8,13,19H,9H2,(H,18,20)/t13-/m0/s1. The van der Waals surface area contributed by atoms with Crippen LogP contribution in [0.5, 0.6) is 0 Å². The zero-order valence-electron chi connectivity index (χ0n) is 10.5. The predicted octanol–water partition coefficient (Wildman–Crippen LogP) is 2.43. The molecule has 0 saturated carbocycles. The van der Waals surface area contributed by atoms with Gasteiger partial charge in [0.05, 0.1) is 18.2 Å². The minimum Gasteiger partial charge on any atom is -0.394 e. The highest BCUT2D eigenvalue weighted by molar-refractivity contribution is 5.94. The second kappa shape index (κ2) is 6.25. The minimum absolute atomic E-state index is 0.341. The van der Waals surface area contributed by atoms with Crippen LogP contribution in [0.15, 0.2) is 48.5 Å². The number of rotatable bonds is 4. The van der Waals surface area contributed by atoms with Crippen LogP contribution in [0.4, 0.5) is 8.78 Å². The van der Waals surface area contributed by atoms with Gasteiger partial charge in [0, 0.05) is 0 Å². The van der Waals surface area contributed by atoms with Crippen LogP contribution in [-0.4, -0.2) is 17.6 Å². The van der Waals surface area contributed by atoms with Crippen molar-refractivity contribution in [3.8, 4) is 0 Å². The van der Waals surface area contributed by atoms with Crippen LogP contribution in [0, 0.1) is 11.6 Å². The summed E-state index contributed by atoms with van der Waals surface area (Å²) in [6.45, 7) is -0.341. The molecule has 0 saturated heterocycles. The van der Waals surface area contributed by atoms with Gasteiger partial charge in [0.15, 0.2) is 11.6 Å². The van der Waals surface area contributed by atoms with Crippen LogP contribution in [0.3, 0.4) is 0 Å². The first-order valence-corrected chi connectivity index (χ1v) is 6.04. The average Bonchev–Trinajstić information content (AvgIpc) is 2.48. The Balaban J connectivity index is 2.20. The van der Waals surface area contributed by atoms with E-state index in [1.807, 2.05) is 0 Å². The second-order valence-corrected chi connectivity index (χ2v) is 4.22. The van der Waals surface area contributed by atoms with E-state index in [0.29, 0.717) is 5.56 Å². The molecule has 0 spiro atoms. The van der Waals surface area contributed by atoms with E-state index in [-0.39, 0.29) is 12.2 Å². The molecule has 2 N–H and O–H groups in total. The summed E-state index contributed by atoms with van der Waals surface area (Å²) < 4.78 is 26.6. The number of aliphatic hydroxyl groups is 1. The molecule has 0 aliphatic rings. The van der Waals surface area contributed by atoms with Gasteiger partial charge < -0.3 is 10.4 Å². The molecule has 2 aromatic carbocycles. The monoisotopic (exact) mass is 277 g/mol. The molecule has 0 bridgehead atoms. The normalized spacial score (nSPS) is 11.9. The largest absolute Gasteiger partial charge is 0.394 e. The summed E-state index contributed by atoms with van der Waals surface area (Å²) in [7, 11) is 0. The molecule has 0 radical (unpaired) electrons. The van der Waals surface area contributed by atoms with E-state index in [0.717, 1.165) is 6.07 Å². The van der Waals surface area contributed by atoms with Crippen molar-refractivity contribution in [3.05, 3.63) is 71.3 Å². The van der Waals surface area contributed by atoms with Gasteiger partial charge in [-0.2, -0.15) is 0 Å². The molecule has 1 atom stereocenters. The lowest BCUT2D eigenvalue weighted by Gasteiger charge is -2.17. The van der Waals surface area contributed by atoms with Crippen molar-refractivity contribution in [3.63, 3.8) is 0 Å². The number of nitrogens with one attached hydrogen (secondary N) is 1. The van der Waals surface area contributed by atoms with Gasteiger partial charge in [0.1, 0.15) is 0 Å². The van der Waals surface area contributed by atoms with Gasteiger partial charge >= 0.3 is 0 Å². The summed E-state index contributed by atoms with van der Waals surface area (Å²) in [5.74, 6) is -3.06. The van der Waals surface area contributed by atoms with Gasteiger partial charge in [-0.3, -0.25) is 4.79 Å². The number of benzene rings is 2. The van der Waals surface area contributed by atoms with Crippen LogP contribution < -0.4 is 5.32 Å². The minimum atomic E-state index is -1.20. The van der Waals surface area contributed by atoms with Crippen molar-refractivity contribution in [2.45, 2.75) is 6.04 Å². The van der Waals surface area contributed by atoms with E-state index in [9.17, 15) is 18.7 Å². The average molecular weight is 277 g/mol. The van der Waals surface area contributed by atoms with E-state index in [2.05, 4.69) is 5.32 Å². The molecule has 2 rings (SSSR count). The van der Waals surface area contributed by atoms with Crippen molar-refractivity contribution in [2.24, 2.45) is 0 Å². The third-order valence-electron chi connectivity index (χ3n) is 2.89. The van der Waals surface area contributed by atoms with Crippen molar-refractivity contribution in [1.29, 1.82) is 0 Å². The fourth-order valence-electron chi connectivity index (χ4n) is 1.83. The summed E-state index contributed by atoms with van der Waals surface area (Å²) in [5.41, 5.74) is 0.291. The first-order valence-electron chi connectivity index (χ1n) is 6.04. The van der Waals surface area contributed by atoms with Crippen molar-refractivity contribution in [2.75, 3.05) is 6.61 Å². The third kappa shape index (κ3) is 3.00. The summed E-state index contributed by atoms with van der Waals surface area (Å²) in [6, 6.07) is 11.5. The number of halogens is 2. The van der Waals surface area contributed by atoms with Crippen molar-refractivity contribution in [1.82, 2.24) is 5.32 Å². The Bertz CT molecular complexity index is 602. The number of amides is 1. The maximum absolute atomic E-state index is 13.5. The quantitative estimate of drug-likeness (QED) is 0.901. The lowest BCUT2D eigenvalue weighted by atomic mass is 10.1. The molecule has 0 heterocycles. The first-order chi connectivity index (χ1) is 9.63. The van der Waals surface area contributed by atoms with E-state index in [4.69, 9.17) is 0 Å². The maximum atomic E-state index is 13.5. The molecule has 2 aromatic rings. The Morgan fingerprint density at radius 1 is 1.10 bits per heavy atom. The molecule has 0 unspecified atom stereocenters. The van der Waals surface area contributed by atoms with Gasteiger partial charge in [-0.1, -0.05) is 36.4 Å². The van der Waals surface area contributed by atoms with Crippen molar-refractivity contribution < 1.29 is 18.7 Å². The Morgan fingerprint density at radius 3 is 2.45 bits per heavy atom. The Morgan fingerprint density at radius 2 is 1.80 bits per heavy atom. The van der Waals surface area contributed by atoms with E-state index >= 15 is 0 Å². The lowest BCUT2D eigenvalue weighted by molar-refractivity contribution is 0.0911. The third-order valence-corrected chi connectivity index (χ3v) is 2.89. The molecule has 104 valence electrons. The molecular weight excluding hydrogens is 264 g/mol. The zero-order valence-corrected chi connectivity index (χ0v) is 10.5. The van der Waals surface area contributed by atoms with Gasteiger partial charge in [0.25, 0.3) is 5.91 Å². The molecule has 0 fully saturated rings. The fourth-order valence-corrected chi connectivity index (χ4v) is 1.83. The number of carbonyl (C=O) groups excluding carboxylic acids is 1. The Kier molecular flexibility index (Phi) is 4.42. The zero-order chi connectivity index (χ0) is 14.5. The highest BCUT2D eigenvalue weighted by Gasteiger charge is 2.19. The highest BCUT2D eigenvalue weighted by atomic mass is 19.2. The van der Waals surface area contributed by atoms with Crippen LogP contribution in [0.1, 0.15) is 22.0 Å². The molecule has 0 aromatic heterocycles. The highest BCUT2D eigenvalue weighted by Crippen LogP contribution is 2.15. The molecule has 20 heavy (non-hydrogen) atoms. The Hall–Kier alpha value is -2.27. The van der Waals surface area contributed by atoms with Crippen LogP contribution in [0.2, 0.25) is 0 Å². The second-order valence-electron chi connectivity index (χ2n) is 4.22. The van der Waals surface area contributed by atoms with Crippen LogP contribution >= 0.6 is 0 Å². The maximum Gasteiger partial charge on any atom is 0.254 e. The number of aliphatic hydroxyl groups excluding tert-OH is 1. The topological polar surface area (TPSA) is 49.3 Å². The summed E-state index contributed by atoms with van der Waals surface area (Å²) >= 11 is 0. The van der Waals surface area contributed by atoms with Gasteiger partial charge in [-0.05, 0) is 17.7 Å². The molecule has 0 aliphatic carbocycles. The van der Waals surface area contributed by atoms with E-state index < -0.39 is 23.6 Å². The van der Waals surface area contributed by atoms with E-state index in [1.165, 1.54) is 12.1 Å². The smallest absolute Gasteiger partial charge is 0.254 e. The predicted molar refractivity (Wildman–Crippen MR) is 70.1 cm³/mol. The summed E-state index contributed by atoms with van der Waals surface area (Å²) in [4.78, 5) is 11.9. The SMILES string of the molecule is O=C(N[C@@H](CO)c1ccccc1)c1cccc(F)c1F. The number of carbonyl (C=O) groups is 1. The molecule has 0 aliphatic heterocycles. The van der Waals surface area contributed by atoms with Crippen LogP contribution in [0.25, 0.3) is 0 Å². The molecule has 3 nitrogen and oxygen atoms in total. The lowest BCUT2D eigenvalue weighted by Crippen LogP contribution is -2.31. The number of hydrogen-bond acceptors (Lipinski definition) is 2.